The second-order valence-corrected chi connectivity index (χ2v) is 8.02. The van der Waals surface area contributed by atoms with E-state index in [2.05, 4.69) is 27.5 Å². The Labute approximate surface area is 195 Å². The van der Waals surface area contributed by atoms with Gasteiger partial charge in [-0.05, 0) is 44.0 Å². The Hall–Kier alpha value is -3.42. The van der Waals surface area contributed by atoms with Gasteiger partial charge in [0, 0.05) is 36.8 Å². The number of nitrogens with one attached hydrogen (secondary N) is 2. The number of Topliss-reactive ketones (excluding diaryl/α,β-unsaturated/α-hetero) is 1. The van der Waals surface area contributed by atoms with Crippen molar-refractivity contribution < 1.29 is 14.3 Å². The van der Waals surface area contributed by atoms with Crippen LogP contribution in [0, 0.1) is 0 Å². The van der Waals surface area contributed by atoms with Gasteiger partial charge in [-0.3, -0.25) is 4.98 Å². The number of ether oxygens (including phenoxy) is 2. The molecule has 3 aromatic rings. The molecule has 0 amide bonds. The lowest BCUT2D eigenvalue weighted by Gasteiger charge is -2.20. The van der Waals surface area contributed by atoms with Crippen molar-refractivity contribution in [2.45, 2.75) is 58.5 Å². The van der Waals surface area contributed by atoms with Crippen LogP contribution >= 0.6 is 0 Å². The summed E-state index contributed by atoms with van der Waals surface area (Å²) in [6.07, 6.45) is 6.18. The summed E-state index contributed by atoms with van der Waals surface area (Å²) in [5.74, 6) is 2.83. The van der Waals surface area contributed by atoms with Crippen LogP contribution in [0.5, 0.6) is 11.5 Å². The highest BCUT2D eigenvalue weighted by atomic mass is 16.5. The molecule has 0 saturated heterocycles. The van der Waals surface area contributed by atoms with Crippen LogP contribution in [0.1, 0.15) is 51.5 Å². The molecule has 2 heterocycles. The molecule has 8 heteroatoms. The zero-order chi connectivity index (χ0) is 23.6. The van der Waals surface area contributed by atoms with E-state index in [0.717, 1.165) is 53.8 Å². The fourth-order valence-corrected chi connectivity index (χ4v) is 3.63. The van der Waals surface area contributed by atoms with Crippen molar-refractivity contribution in [3.8, 4) is 11.5 Å². The number of hydrogen-bond acceptors (Lipinski definition) is 8. The Morgan fingerprint density at radius 1 is 1.12 bits per heavy atom. The van der Waals surface area contributed by atoms with Crippen LogP contribution in [0.2, 0.25) is 0 Å². The van der Waals surface area contributed by atoms with E-state index >= 15 is 0 Å². The summed E-state index contributed by atoms with van der Waals surface area (Å²) in [4.78, 5) is 25.4. The van der Waals surface area contributed by atoms with Crippen molar-refractivity contribution in [2.24, 2.45) is 0 Å². The third-order valence-corrected chi connectivity index (χ3v) is 5.48. The summed E-state index contributed by atoms with van der Waals surface area (Å²) in [7, 11) is 3.26. The molecule has 176 valence electrons. The van der Waals surface area contributed by atoms with Gasteiger partial charge in [0.15, 0.2) is 5.82 Å². The first-order chi connectivity index (χ1) is 16.0. The molecule has 0 aliphatic rings. The van der Waals surface area contributed by atoms with Gasteiger partial charge in [-0.15, -0.1) is 0 Å². The minimum atomic E-state index is 0.142. The van der Waals surface area contributed by atoms with Crippen molar-refractivity contribution >= 4 is 28.6 Å². The van der Waals surface area contributed by atoms with Gasteiger partial charge in [-0.1, -0.05) is 19.8 Å². The summed E-state index contributed by atoms with van der Waals surface area (Å²) < 4.78 is 10.8. The lowest BCUT2D eigenvalue weighted by Crippen LogP contribution is -2.22. The van der Waals surface area contributed by atoms with Crippen LogP contribution in [0.3, 0.4) is 0 Å². The molecule has 2 aromatic heterocycles. The number of hydrogen-bond donors (Lipinski definition) is 2. The number of methoxy groups -OCH3 is 2. The molecular formula is C25H33N5O3. The molecular weight excluding hydrogens is 418 g/mol. The second kappa shape index (κ2) is 12.0. The summed E-state index contributed by atoms with van der Waals surface area (Å²) in [5, 5.41) is 6.85. The van der Waals surface area contributed by atoms with Gasteiger partial charge < -0.3 is 24.9 Å². The number of ketones is 1. The number of anilines is 2. The summed E-state index contributed by atoms with van der Waals surface area (Å²) in [6, 6.07) is 9.62. The Kier molecular flexibility index (Phi) is 8.80. The molecule has 3 rings (SSSR count). The molecule has 0 bridgehead atoms. The van der Waals surface area contributed by atoms with Gasteiger partial charge in [-0.2, -0.15) is 4.98 Å². The van der Waals surface area contributed by atoms with Crippen molar-refractivity contribution in [3.05, 3.63) is 42.1 Å². The Morgan fingerprint density at radius 2 is 1.97 bits per heavy atom. The van der Waals surface area contributed by atoms with Gasteiger partial charge in [0.2, 0.25) is 5.95 Å². The third kappa shape index (κ3) is 6.78. The van der Waals surface area contributed by atoms with E-state index < -0.39 is 0 Å². The number of fused-ring (bicyclic) bond motifs is 1. The standard InChI is InChI=1S/C25H33N5O3/c1-5-6-8-19(12-10-17(2)31)28-24-23-21(9-7-14-26-23)29-25(30-24)27-16-18-11-13-20(32-3)15-22(18)33-4/h7,9,11,13-15,19H,5-6,8,10,12,16H2,1-4H3,(H2,27,28,29,30)/t19-/m1/s1. The fraction of sp³-hybridized carbons (Fsp3) is 0.440. The number of rotatable bonds is 13. The lowest BCUT2D eigenvalue weighted by atomic mass is 10.0. The molecule has 0 fully saturated rings. The zero-order valence-electron chi connectivity index (χ0n) is 19.9. The molecule has 0 aliphatic carbocycles. The van der Waals surface area contributed by atoms with E-state index in [1.807, 2.05) is 30.3 Å². The summed E-state index contributed by atoms with van der Waals surface area (Å²) in [6.45, 7) is 4.29. The van der Waals surface area contributed by atoms with E-state index in [1.54, 1.807) is 27.3 Å². The van der Waals surface area contributed by atoms with Crippen molar-refractivity contribution in [1.29, 1.82) is 0 Å². The zero-order valence-corrected chi connectivity index (χ0v) is 19.9. The van der Waals surface area contributed by atoms with Crippen LogP contribution < -0.4 is 20.1 Å². The Bertz CT molecular complexity index is 1070. The first kappa shape index (κ1) is 24.2. The first-order valence-electron chi connectivity index (χ1n) is 11.4. The van der Waals surface area contributed by atoms with Gasteiger partial charge in [0.25, 0.3) is 0 Å². The van der Waals surface area contributed by atoms with Crippen LogP contribution in [0.25, 0.3) is 11.0 Å². The van der Waals surface area contributed by atoms with Crippen LogP contribution in [-0.4, -0.2) is 41.0 Å². The van der Waals surface area contributed by atoms with E-state index in [9.17, 15) is 4.79 Å². The number of aromatic nitrogens is 3. The maximum atomic E-state index is 11.6. The SMILES string of the molecule is CCCC[C@H](CCC(C)=O)Nc1nc(NCc2ccc(OC)cc2OC)nc2cccnc12. The number of nitrogens with zero attached hydrogens (tertiary/aromatic N) is 3. The van der Waals surface area contributed by atoms with Crippen molar-refractivity contribution in [2.75, 3.05) is 24.9 Å². The van der Waals surface area contributed by atoms with E-state index in [0.29, 0.717) is 24.7 Å². The minimum absolute atomic E-state index is 0.142. The normalized spacial score (nSPS) is 11.8. The topological polar surface area (TPSA) is 98.3 Å². The van der Waals surface area contributed by atoms with Crippen molar-refractivity contribution in [3.63, 3.8) is 0 Å². The maximum absolute atomic E-state index is 11.6. The number of unbranched alkanes of at least 4 members (excludes halogenated alkanes) is 1. The molecule has 0 saturated carbocycles. The number of carbonyl (C=O) groups excluding carboxylic acids is 1. The average molecular weight is 452 g/mol. The van der Waals surface area contributed by atoms with E-state index in [1.165, 1.54) is 0 Å². The number of pyridine rings is 1. The fourth-order valence-electron chi connectivity index (χ4n) is 3.63. The predicted molar refractivity (Wildman–Crippen MR) is 131 cm³/mol. The number of carbonyl (C=O) groups is 1. The maximum Gasteiger partial charge on any atom is 0.225 e. The summed E-state index contributed by atoms with van der Waals surface area (Å²) in [5.41, 5.74) is 2.43. The summed E-state index contributed by atoms with van der Waals surface area (Å²) >= 11 is 0. The largest absolute Gasteiger partial charge is 0.497 e. The highest BCUT2D eigenvalue weighted by molar-refractivity contribution is 5.86. The lowest BCUT2D eigenvalue weighted by molar-refractivity contribution is -0.117. The molecule has 0 radical (unpaired) electrons. The van der Waals surface area contributed by atoms with E-state index in [4.69, 9.17) is 14.5 Å². The second-order valence-electron chi connectivity index (χ2n) is 8.02. The van der Waals surface area contributed by atoms with Crippen LogP contribution in [-0.2, 0) is 11.3 Å². The highest BCUT2D eigenvalue weighted by Crippen LogP contribution is 2.26. The molecule has 0 spiro atoms. The average Bonchev–Trinajstić information content (AvgIpc) is 2.84. The molecule has 0 unspecified atom stereocenters. The monoisotopic (exact) mass is 451 g/mol. The quantitative estimate of drug-likeness (QED) is 0.375. The highest BCUT2D eigenvalue weighted by Gasteiger charge is 2.15. The molecule has 1 atom stereocenters. The van der Waals surface area contributed by atoms with Crippen molar-refractivity contribution in [1.82, 2.24) is 15.0 Å². The van der Waals surface area contributed by atoms with Gasteiger partial charge in [0.05, 0.1) is 19.7 Å². The Balaban J connectivity index is 1.84. The first-order valence-corrected chi connectivity index (χ1v) is 11.4. The molecule has 33 heavy (non-hydrogen) atoms. The van der Waals surface area contributed by atoms with Gasteiger partial charge in [-0.25, -0.2) is 4.98 Å². The minimum Gasteiger partial charge on any atom is -0.497 e. The molecule has 0 aliphatic heterocycles. The predicted octanol–water partition coefficient (Wildman–Crippen LogP) is 4.99. The molecule has 1 aromatic carbocycles. The van der Waals surface area contributed by atoms with Gasteiger partial charge >= 0.3 is 0 Å². The van der Waals surface area contributed by atoms with E-state index in [-0.39, 0.29) is 11.8 Å². The third-order valence-electron chi connectivity index (χ3n) is 5.48. The molecule has 2 N–H and O–H groups in total. The van der Waals surface area contributed by atoms with Crippen LogP contribution in [0.4, 0.5) is 11.8 Å². The number of benzene rings is 1. The van der Waals surface area contributed by atoms with Crippen LogP contribution in [0.15, 0.2) is 36.5 Å². The molecule has 8 nitrogen and oxygen atoms in total. The Morgan fingerprint density at radius 3 is 2.70 bits per heavy atom. The smallest absolute Gasteiger partial charge is 0.225 e. The van der Waals surface area contributed by atoms with Gasteiger partial charge in [0.1, 0.15) is 22.8 Å².